The van der Waals surface area contributed by atoms with Crippen LogP contribution in [0.25, 0.3) is 44.0 Å². The van der Waals surface area contributed by atoms with E-state index in [9.17, 15) is 14.4 Å². The van der Waals surface area contributed by atoms with Crippen molar-refractivity contribution in [2.24, 2.45) is 0 Å². The summed E-state index contributed by atoms with van der Waals surface area (Å²) in [4.78, 5) is 48.8. The van der Waals surface area contributed by atoms with E-state index in [-0.39, 0.29) is 29.8 Å². The molecule has 0 saturated carbocycles. The highest BCUT2D eigenvalue weighted by molar-refractivity contribution is 6.18. The number of piperazine rings is 1. The van der Waals surface area contributed by atoms with Gasteiger partial charge in [0.05, 0.1) is 42.9 Å². The molecule has 2 aliphatic heterocycles. The zero-order chi connectivity index (χ0) is 32.5. The number of aromatic nitrogens is 1. The van der Waals surface area contributed by atoms with Crippen molar-refractivity contribution in [3.8, 4) is 11.1 Å². The fraction of sp³-hybridized carbons (Fsp3) is 0.361. The van der Waals surface area contributed by atoms with Crippen molar-refractivity contribution >= 4 is 56.2 Å². The molecular weight excluding hydrogens is 596 g/mol. The van der Waals surface area contributed by atoms with Crippen LogP contribution < -0.4 is 21.0 Å². The summed E-state index contributed by atoms with van der Waals surface area (Å²) in [7, 11) is 0. The van der Waals surface area contributed by atoms with Crippen LogP contribution in [0.5, 0.6) is 0 Å². The third kappa shape index (κ3) is 6.47. The van der Waals surface area contributed by atoms with Crippen LogP contribution in [-0.4, -0.2) is 98.2 Å². The lowest BCUT2D eigenvalue weighted by Crippen LogP contribution is -2.51. The first-order valence-corrected chi connectivity index (χ1v) is 16.3. The number of fused-ring (bicyclic) bond motifs is 4. The highest BCUT2D eigenvalue weighted by Gasteiger charge is 2.23. The predicted molar refractivity (Wildman–Crippen MR) is 185 cm³/mol. The van der Waals surface area contributed by atoms with Crippen LogP contribution in [-0.2, 0) is 14.3 Å². The number of nitrogens with zero attached hydrogens (tertiary/aromatic N) is 3. The van der Waals surface area contributed by atoms with Gasteiger partial charge in [-0.25, -0.2) is 0 Å². The number of carbonyl (C=O) groups is 2. The molecule has 47 heavy (non-hydrogen) atoms. The van der Waals surface area contributed by atoms with Crippen molar-refractivity contribution in [2.75, 3.05) is 75.8 Å². The number of furan rings is 1. The van der Waals surface area contributed by atoms with Gasteiger partial charge >= 0.3 is 0 Å². The molecule has 11 heteroatoms. The molecule has 0 unspecified atom stereocenters. The number of carbonyl (C=O) groups excluding carboxylic acids is 2. The Kier molecular flexibility index (Phi) is 8.68. The molecule has 0 spiro atoms. The van der Waals surface area contributed by atoms with Crippen LogP contribution in [0.1, 0.15) is 13.8 Å². The molecule has 0 bridgehead atoms. The Morgan fingerprint density at radius 3 is 2.28 bits per heavy atom. The molecule has 0 atom stereocenters. The topological polar surface area (TPSA) is 123 Å². The van der Waals surface area contributed by atoms with Gasteiger partial charge in [-0.3, -0.25) is 24.2 Å². The number of nitrogens with one attached hydrogen (secondary N) is 3. The van der Waals surface area contributed by atoms with Crippen molar-refractivity contribution in [2.45, 2.75) is 19.9 Å². The third-order valence-electron chi connectivity index (χ3n) is 8.94. The maximum atomic E-state index is 13.4. The number of morpholine rings is 1. The molecule has 3 N–H and O–H groups in total. The van der Waals surface area contributed by atoms with Crippen molar-refractivity contribution in [3.05, 3.63) is 70.9 Å². The summed E-state index contributed by atoms with van der Waals surface area (Å²) in [6, 6.07) is 19.2. The Morgan fingerprint density at radius 2 is 1.53 bits per heavy atom. The molecular formula is C36H40N6O5. The van der Waals surface area contributed by atoms with E-state index in [0.717, 1.165) is 46.3 Å². The second-order valence-electron chi connectivity index (χ2n) is 12.6. The van der Waals surface area contributed by atoms with E-state index < -0.39 is 0 Å². The lowest BCUT2D eigenvalue weighted by molar-refractivity contribution is -0.124. The highest BCUT2D eigenvalue weighted by Crippen LogP contribution is 2.41. The highest BCUT2D eigenvalue weighted by atomic mass is 16.5. The number of H-pyrrole nitrogens is 1. The Labute approximate surface area is 272 Å². The SMILES string of the molecule is CC(C)NC(=O)CN1CCN(CC(=O)Nc2ccc(-c3cccc4c(=O)cc(N5CCOCC5)[nH]c34)c3oc4ccccc4c23)CC1. The standard InChI is InChI=1S/C36H40N6O5/c1-23(2)37-32(44)21-40-12-14-41(15-13-40)22-33(45)38-28-11-10-25(36-34(28)27-6-3-4-9-30(27)47-36)24-7-5-8-26-29(43)20-31(39-35(24)26)42-16-18-46-19-17-42/h3-11,20,23H,12-19,21-22H2,1-2H3,(H,37,44)(H,38,45)(H,39,43). The summed E-state index contributed by atoms with van der Waals surface area (Å²) < 4.78 is 12.0. The van der Waals surface area contributed by atoms with Gasteiger partial charge in [-0.15, -0.1) is 0 Å². The van der Waals surface area contributed by atoms with Crippen LogP contribution in [0.2, 0.25) is 0 Å². The summed E-state index contributed by atoms with van der Waals surface area (Å²) >= 11 is 0. The summed E-state index contributed by atoms with van der Waals surface area (Å²) in [5.74, 6) is 0.681. The van der Waals surface area contributed by atoms with Crippen molar-refractivity contribution in [1.82, 2.24) is 20.1 Å². The molecule has 2 fully saturated rings. The monoisotopic (exact) mass is 636 g/mol. The van der Waals surface area contributed by atoms with E-state index in [1.165, 1.54) is 0 Å². The van der Waals surface area contributed by atoms with Crippen LogP contribution in [0.3, 0.4) is 0 Å². The first-order chi connectivity index (χ1) is 22.8. The summed E-state index contributed by atoms with van der Waals surface area (Å²) in [6.45, 7) is 10.0. The zero-order valence-corrected chi connectivity index (χ0v) is 26.8. The van der Waals surface area contributed by atoms with E-state index >= 15 is 0 Å². The van der Waals surface area contributed by atoms with Gasteiger partial charge in [-0.2, -0.15) is 0 Å². The van der Waals surface area contributed by atoms with Crippen LogP contribution in [0.15, 0.2) is 69.9 Å². The van der Waals surface area contributed by atoms with Crippen LogP contribution in [0.4, 0.5) is 11.5 Å². The lowest BCUT2D eigenvalue weighted by atomic mass is 9.98. The predicted octanol–water partition coefficient (Wildman–Crippen LogP) is 4.01. The van der Waals surface area contributed by atoms with Crippen molar-refractivity contribution in [3.63, 3.8) is 0 Å². The minimum Gasteiger partial charge on any atom is -0.455 e. The van der Waals surface area contributed by atoms with Gasteiger partial charge in [0.2, 0.25) is 11.8 Å². The quantitative estimate of drug-likeness (QED) is 0.234. The van der Waals surface area contributed by atoms with Gasteiger partial charge in [0.1, 0.15) is 17.0 Å². The molecule has 0 radical (unpaired) electrons. The average Bonchev–Trinajstić information content (AvgIpc) is 3.46. The fourth-order valence-corrected chi connectivity index (χ4v) is 6.67. The summed E-state index contributed by atoms with van der Waals surface area (Å²) in [5.41, 5.74) is 4.38. The Balaban J connectivity index is 1.17. The van der Waals surface area contributed by atoms with Crippen molar-refractivity contribution in [1.29, 1.82) is 0 Å². The lowest BCUT2D eigenvalue weighted by Gasteiger charge is -2.34. The molecule has 2 amide bonds. The van der Waals surface area contributed by atoms with Gasteiger partial charge in [0, 0.05) is 73.3 Å². The molecule has 7 rings (SSSR count). The number of hydrogen-bond acceptors (Lipinski definition) is 8. The molecule has 2 aliphatic rings. The number of rotatable bonds is 8. The van der Waals surface area contributed by atoms with E-state index in [1.54, 1.807) is 6.07 Å². The second-order valence-corrected chi connectivity index (χ2v) is 12.6. The van der Waals surface area contributed by atoms with Crippen molar-refractivity contribution < 1.29 is 18.7 Å². The fourth-order valence-electron chi connectivity index (χ4n) is 6.67. The first kappa shape index (κ1) is 30.9. The maximum absolute atomic E-state index is 13.4. The summed E-state index contributed by atoms with van der Waals surface area (Å²) in [5, 5.41) is 8.41. The molecule has 11 nitrogen and oxygen atoms in total. The largest absolute Gasteiger partial charge is 0.455 e. The van der Waals surface area contributed by atoms with Gasteiger partial charge in [0.15, 0.2) is 5.43 Å². The number of anilines is 2. The summed E-state index contributed by atoms with van der Waals surface area (Å²) in [6.07, 6.45) is 0. The Morgan fingerprint density at radius 1 is 0.830 bits per heavy atom. The van der Waals surface area contributed by atoms with Gasteiger partial charge in [0.25, 0.3) is 0 Å². The molecule has 0 aliphatic carbocycles. The Hall–Kier alpha value is -4.71. The number of amides is 2. The van der Waals surface area contributed by atoms with Crippen LogP contribution in [0, 0.1) is 0 Å². The number of para-hydroxylation sites is 2. The molecule has 3 aromatic carbocycles. The minimum absolute atomic E-state index is 0.0263. The number of ether oxygens (including phenoxy) is 1. The normalized spacial score (nSPS) is 16.4. The van der Waals surface area contributed by atoms with E-state index in [1.807, 2.05) is 68.4 Å². The molecule has 5 aromatic rings. The molecule has 244 valence electrons. The Bertz CT molecular complexity index is 2000. The molecule has 4 heterocycles. The average molecular weight is 637 g/mol. The van der Waals surface area contributed by atoms with E-state index in [2.05, 4.69) is 30.3 Å². The number of pyridine rings is 1. The molecule has 2 aromatic heterocycles. The second kappa shape index (κ2) is 13.2. The van der Waals surface area contributed by atoms with Gasteiger partial charge in [-0.05, 0) is 38.1 Å². The van der Waals surface area contributed by atoms with E-state index in [4.69, 9.17) is 9.15 Å². The smallest absolute Gasteiger partial charge is 0.238 e. The first-order valence-electron chi connectivity index (χ1n) is 16.3. The zero-order valence-electron chi connectivity index (χ0n) is 26.8. The number of aromatic amines is 1. The van der Waals surface area contributed by atoms with Gasteiger partial charge < -0.3 is 29.7 Å². The van der Waals surface area contributed by atoms with Gasteiger partial charge in [-0.1, -0.05) is 30.3 Å². The molecule has 2 saturated heterocycles. The van der Waals surface area contributed by atoms with E-state index in [0.29, 0.717) is 68.2 Å². The minimum atomic E-state index is -0.111. The number of hydrogen-bond donors (Lipinski definition) is 3. The number of benzene rings is 3. The third-order valence-corrected chi connectivity index (χ3v) is 8.94. The van der Waals surface area contributed by atoms with Crippen LogP contribution >= 0.6 is 0 Å². The maximum Gasteiger partial charge on any atom is 0.238 e.